The molecule has 0 aliphatic rings. The summed E-state index contributed by atoms with van der Waals surface area (Å²) in [5.74, 6) is 0.142. The molecule has 18 heavy (non-hydrogen) atoms. The van der Waals surface area contributed by atoms with E-state index in [1.807, 2.05) is 24.3 Å². The van der Waals surface area contributed by atoms with Crippen LogP contribution in [0.15, 0.2) is 34.9 Å². The van der Waals surface area contributed by atoms with Gasteiger partial charge in [0.05, 0.1) is 7.11 Å². The van der Waals surface area contributed by atoms with E-state index in [0.717, 1.165) is 17.6 Å². The molecule has 0 aliphatic heterocycles. The number of aryl methyl sites for hydroxylation is 2. The first kappa shape index (κ1) is 12.2. The second-order valence-electron chi connectivity index (χ2n) is 3.74. The minimum Gasteiger partial charge on any atom is -0.496 e. The Kier molecular flexibility index (Phi) is 3.62. The molecule has 0 saturated heterocycles. The topological polar surface area (TPSA) is 72.6 Å². The molecule has 0 radical (unpaired) electrons. The summed E-state index contributed by atoms with van der Waals surface area (Å²) in [7, 11) is 1.62. The van der Waals surface area contributed by atoms with Gasteiger partial charge in [0, 0.05) is 6.42 Å². The third kappa shape index (κ3) is 2.68. The molecule has 0 amide bonds. The van der Waals surface area contributed by atoms with Gasteiger partial charge in [-0.25, -0.2) is 9.78 Å². The Hall–Kier alpha value is -2.30. The molecule has 0 aliphatic carbocycles. The SMILES string of the molecule is COc1ccccc1CCc1nc(C(=O)O)co1. The van der Waals surface area contributed by atoms with Crippen LogP contribution in [0.5, 0.6) is 5.75 Å². The summed E-state index contributed by atoms with van der Waals surface area (Å²) in [5.41, 5.74) is 0.972. The average Bonchev–Trinajstić information content (AvgIpc) is 2.85. The van der Waals surface area contributed by atoms with E-state index in [4.69, 9.17) is 14.3 Å². The predicted octanol–water partition coefficient (Wildman–Crippen LogP) is 2.17. The van der Waals surface area contributed by atoms with Crippen molar-refractivity contribution in [3.05, 3.63) is 47.7 Å². The zero-order valence-electron chi connectivity index (χ0n) is 9.92. The van der Waals surface area contributed by atoms with Gasteiger partial charge in [0.2, 0.25) is 0 Å². The molecule has 1 aromatic heterocycles. The van der Waals surface area contributed by atoms with E-state index in [9.17, 15) is 4.79 Å². The fraction of sp³-hybridized carbons (Fsp3) is 0.231. The standard InChI is InChI=1S/C13H13NO4/c1-17-11-5-3-2-4-9(11)6-7-12-14-10(8-18-12)13(15)16/h2-5,8H,6-7H2,1H3,(H,15,16). The highest BCUT2D eigenvalue weighted by molar-refractivity contribution is 5.84. The Balaban J connectivity index is 2.04. The van der Waals surface area contributed by atoms with Crippen molar-refractivity contribution in [1.82, 2.24) is 4.98 Å². The first-order valence-electron chi connectivity index (χ1n) is 5.50. The number of aromatic nitrogens is 1. The smallest absolute Gasteiger partial charge is 0.357 e. The van der Waals surface area contributed by atoms with E-state index in [-0.39, 0.29) is 5.69 Å². The first-order valence-corrected chi connectivity index (χ1v) is 5.50. The minimum atomic E-state index is -1.08. The highest BCUT2D eigenvalue weighted by Gasteiger charge is 2.11. The van der Waals surface area contributed by atoms with E-state index in [1.165, 1.54) is 0 Å². The number of nitrogens with zero attached hydrogens (tertiary/aromatic N) is 1. The maximum absolute atomic E-state index is 10.6. The number of rotatable bonds is 5. The summed E-state index contributed by atoms with van der Waals surface area (Å²) >= 11 is 0. The summed E-state index contributed by atoms with van der Waals surface area (Å²) in [4.78, 5) is 14.5. The Morgan fingerprint density at radius 1 is 1.39 bits per heavy atom. The van der Waals surface area contributed by atoms with Crippen molar-refractivity contribution in [2.45, 2.75) is 12.8 Å². The summed E-state index contributed by atoms with van der Waals surface area (Å²) < 4.78 is 10.3. The molecule has 0 unspecified atom stereocenters. The summed E-state index contributed by atoms with van der Waals surface area (Å²) in [6.07, 6.45) is 2.37. The lowest BCUT2D eigenvalue weighted by atomic mass is 10.1. The molecule has 1 N–H and O–H groups in total. The first-order chi connectivity index (χ1) is 8.70. The molecule has 0 atom stereocenters. The van der Waals surface area contributed by atoms with Gasteiger partial charge in [0.1, 0.15) is 12.0 Å². The maximum Gasteiger partial charge on any atom is 0.357 e. The molecular weight excluding hydrogens is 234 g/mol. The summed E-state index contributed by atoms with van der Waals surface area (Å²) in [6.45, 7) is 0. The van der Waals surface area contributed by atoms with Crippen LogP contribution < -0.4 is 4.74 Å². The Labute approximate surface area is 104 Å². The van der Waals surface area contributed by atoms with E-state index in [0.29, 0.717) is 18.7 Å². The molecule has 2 rings (SSSR count). The zero-order valence-corrected chi connectivity index (χ0v) is 9.92. The normalized spacial score (nSPS) is 10.3. The second-order valence-corrected chi connectivity index (χ2v) is 3.74. The van der Waals surface area contributed by atoms with Crippen molar-refractivity contribution in [1.29, 1.82) is 0 Å². The largest absolute Gasteiger partial charge is 0.496 e. The molecule has 0 spiro atoms. The highest BCUT2D eigenvalue weighted by atomic mass is 16.5. The van der Waals surface area contributed by atoms with Gasteiger partial charge in [-0.1, -0.05) is 18.2 Å². The van der Waals surface area contributed by atoms with Crippen LogP contribution in [0, 0.1) is 0 Å². The van der Waals surface area contributed by atoms with Crippen LogP contribution in [0.4, 0.5) is 0 Å². The summed E-state index contributed by atoms with van der Waals surface area (Å²) in [6, 6.07) is 7.67. The summed E-state index contributed by atoms with van der Waals surface area (Å²) in [5, 5.41) is 8.72. The van der Waals surface area contributed by atoms with Crippen LogP contribution in [0.1, 0.15) is 21.9 Å². The van der Waals surface area contributed by atoms with Crippen LogP contribution in [0.3, 0.4) is 0 Å². The number of carboxylic acids is 1. The van der Waals surface area contributed by atoms with Gasteiger partial charge < -0.3 is 14.3 Å². The second kappa shape index (κ2) is 5.35. The van der Waals surface area contributed by atoms with E-state index < -0.39 is 5.97 Å². The molecule has 1 aromatic carbocycles. The third-order valence-corrected chi connectivity index (χ3v) is 2.57. The van der Waals surface area contributed by atoms with E-state index in [1.54, 1.807) is 7.11 Å². The number of aromatic carboxylic acids is 1. The van der Waals surface area contributed by atoms with Crippen LogP contribution in [-0.4, -0.2) is 23.2 Å². The molecular formula is C13H13NO4. The lowest BCUT2D eigenvalue weighted by Gasteiger charge is -2.06. The van der Waals surface area contributed by atoms with E-state index in [2.05, 4.69) is 4.98 Å². The molecule has 94 valence electrons. The number of methoxy groups -OCH3 is 1. The zero-order chi connectivity index (χ0) is 13.0. The third-order valence-electron chi connectivity index (χ3n) is 2.57. The highest BCUT2D eigenvalue weighted by Crippen LogP contribution is 2.19. The van der Waals surface area contributed by atoms with Crippen LogP contribution in [-0.2, 0) is 12.8 Å². The van der Waals surface area contributed by atoms with Crippen molar-refractivity contribution < 1.29 is 19.1 Å². The quantitative estimate of drug-likeness (QED) is 0.876. The van der Waals surface area contributed by atoms with Gasteiger partial charge in [0.15, 0.2) is 11.6 Å². The van der Waals surface area contributed by atoms with Crippen LogP contribution in [0.2, 0.25) is 0 Å². The Morgan fingerprint density at radius 3 is 2.83 bits per heavy atom. The van der Waals surface area contributed by atoms with Crippen molar-refractivity contribution in [2.24, 2.45) is 0 Å². The van der Waals surface area contributed by atoms with Gasteiger partial charge in [-0.2, -0.15) is 0 Å². The fourth-order valence-corrected chi connectivity index (χ4v) is 1.68. The maximum atomic E-state index is 10.6. The molecule has 0 fully saturated rings. The number of benzene rings is 1. The van der Waals surface area contributed by atoms with Gasteiger partial charge in [-0.3, -0.25) is 0 Å². The van der Waals surface area contributed by atoms with Crippen molar-refractivity contribution >= 4 is 5.97 Å². The van der Waals surface area contributed by atoms with Gasteiger partial charge in [-0.15, -0.1) is 0 Å². The number of oxazole rings is 1. The number of hydrogen-bond acceptors (Lipinski definition) is 4. The van der Waals surface area contributed by atoms with Gasteiger partial charge in [-0.05, 0) is 18.1 Å². The molecule has 5 nitrogen and oxygen atoms in total. The van der Waals surface area contributed by atoms with Crippen LogP contribution in [0.25, 0.3) is 0 Å². The average molecular weight is 247 g/mol. The van der Waals surface area contributed by atoms with Crippen molar-refractivity contribution in [3.63, 3.8) is 0 Å². The lowest BCUT2D eigenvalue weighted by molar-refractivity contribution is 0.0690. The molecule has 1 heterocycles. The molecule has 5 heteroatoms. The number of hydrogen-bond donors (Lipinski definition) is 1. The molecule has 0 saturated carbocycles. The van der Waals surface area contributed by atoms with Crippen molar-refractivity contribution in [3.8, 4) is 5.75 Å². The lowest BCUT2D eigenvalue weighted by Crippen LogP contribution is -1.98. The monoisotopic (exact) mass is 247 g/mol. The number of ether oxygens (including phenoxy) is 1. The van der Waals surface area contributed by atoms with Gasteiger partial charge >= 0.3 is 5.97 Å². The van der Waals surface area contributed by atoms with Gasteiger partial charge in [0.25, 0.3) is 0 Å². The Bertz CT molecular complexity index is 547. The minimum absolute atomic E-state index is 0.0648. The van der Waals surface area contributed by atoms with Crippen molar-refractivity contribution in [2.75, 3.05) is 7.11 Å². The number of carboxylic acid groups (broad SMARTS) is 1. The van der Waals surface area contributed by atoms with Crippen LogP contribution >= 0.6 is 0 Å². The van der Waals surface area contributed by atoms with E-state index >= 15 is 0 Å². The fourth-order valence-electron chi connectivity index (χ4n) is 1.68. The number of para-hydroxylation sites is 1. The molecule has 0 bridgehead atoms. The Morgan fingerprint density at radius 2 is 2.17 bits per heavy atom. The predicted molar refractivity (Wildman–Crippen MR) is 63.9 cm³/mol. The molecule has 2 aromatic rings. The number of carbonyl (C=O) groups is 1.